The number of hydrogen-bond acceptors (Lipinski definition) is 4. The van der Waals surface area contributed by atoms with Crippen LogP contribution in [0.25, 0.3) is 11.3 Å². The normalized spacial score (nSPS) is 10.5. The fourth-order valence-corrected chi connectivity index (χ4v) is 2.00. The molecule has 2 aromatic rings. The summed E-state index contributed by atoms with van der Waals surface area (Å²) in [7, 11) is 1.46. The zero-order chi connectivity index (χ0) is 16.8. The van der Waals surface area contributed by atoms with Crippen LogP contribution in [0.2, 0.25) is 0 Å². The van der Waals surface area contributed by atoms with E-state index in [4.69, 9.17) is 14.3 Å². The molecule has 1 heterocycles. The number of carbonyl (C=O) groups excluding carboxylic acids is 1. The van der Waals surface area contributed by atoms with Crippen LogP contribution in [0.15, 0.2) is 40.8 Å². The number of ether oxygens (including phenoxy) is 1. The summed E-state index contributed by atoms with van der Waals surface area (Å²) in [6.45, 7) is -0.104. The van der Waals surface area contributed by atoms with Crippen molar-refractivity contribution in [2.45, 2.75) is 0 Å². The maximum absolute atomic E-state index is 12.9. The molecule has 0 radical (unpaired) electrons. The fourth-order valence-electron chi connectivity index (χ4n) is 2.00. The van der Waals surface area contributed by atoms with Crippen molar-refractivity contribution in [1.29, 1.82) is 0 Å². The lowest BCUT2D eigenvalue weighted by Crippen LogP contribution is -2.37. The zero-order valence-corrected chi connectivity index (χ0v) is 12.5. The van der Waals surface area contributed by atoms with Gasteiger partial charge >= 0.3 is 5.97 Å². The van der Waals surface area contributed by atoms with Gasteiger partial charge < -0.3 is 19.2 Å². The minimum atomic E-state index is -1.13. The quantitative estimate of drug-likeness (QED) is 0.846. The lowest BCUT2D eigenvalue weighted by molar-refractivity contribution is -0.137. The van der Waals surface area contributed by atoms with Crippen molar-refractivity contribution in [3.05, 3.63) is 48.0 Å². The Kier molecular flexibility index (Phi) is 5.48. The number of nitrogens with zero attached hydrogens (tertiary/aromatic N) is 1. The lowest BCUT2D eigenvalue weighted by atomic mass is 10.2. The van der Waals surface area contributed by atoms with Gasteiger partial charge in [0.1, 0.15) is 18.1 Å². The minimum absolute atomic E-state index is 0.0154. The second-order valence-corrected chi connectivity index (χ2v) is 4.78. The Hall–Kier alpha value is -2.67. The molecule has 0 unspecified atom stereocenters. The van der Waals surface area contributed by atoms with Crippen LogP contribution in [0, 0.1) is 5.82 Å². The Balaban J connectivity index is 2.17. The van der Waals surface area contributed by atoms with E-state index in [9.17, 15) is 14.0 Å². The molecule has 6 nitrogen and oxygen atoms in total. The first-order valence-electron chi connectivity index (χ1n) is 6.87. The van der Waals surface area contributed by atoms with Crippen LogP contribution in [0.3, 0.4) is 0 Å². The monoisotopic (exact) mass is 321 g/mol. The van der Waals surface area contributed by atoms with E-state index in [1.54, 1.807) is 6.07 Å². The molecule has 23 heavy (non-hydrogen) atoms. The molecular formula is C16H16FNO5. The molecule has 1 aromatic carbocycles. The van der Waals surface area contributed by atoms with E-state index >= 15 is 0 Å². The Bertz CT molecular complexity index is 680. The molecule has 2 rings (SSSR count). The third-order valence-electron chi connectivity index (χ3n) is 3.12. The van der Waals surface area contributed by atoms with Gasteiger partial charge in [0.2, 0.25) is 0 Å². The molecule has 0 aliphatic heterocycles. The summed E-state index contributed by atoms with van der Waals surface area (Å²) >= 11 is 0. The highest BCUT2D eigenvalue weighted by molar-refractivity contribution is 5.94. The Morgan fingerprint density at radius 2 is 1.91 bits per heavy atom. The summed E-state index contributed by atoms with van der Waals surface area (Å²) in [6, 6.07) is 8.67. The molecule has 0 saturated carbocycles. The Morgan fingerprint density at radius 1 is 1.22 bits per heavy atom. The molecule has 0 spiro atoms. The van der Waals surface area contributed by atoms with E-state index in [0.29, 0.717) is 11.3 Å². The number of hydrogen-bond donors (Lipinski definition) is 1. The van der Waals surface area contributed by atoms with E-state index in [2.05, 4.69) is 0 Å². The van der Waals surface area contributed by atoms with Crippen molar-refractivity contribution >= 4 is 11.9 Å². The van der Waals surface area contributed by atoms with Crippen molar-refractivity contribution < 1.29 is 28.2 Å². The number of benzene rings is 1. The van der Waals surface area contributed by atoms with Crippen molar-refractivity contribution in [1.82, 2.24) is 4.90 Å². The Morgan fingerprint density at radius 3 is 2.52 bits per heavy atom. The Labute approximate surface area is 132 Å². The van der Waals surface area contributed by atoms with Crippen LogP contribution in [-0.4, -0.2) is 48.7 Å². The number of aliphatic carboxylic acids is 1. The molecule has 0 aliphatic rings. The van der Waals surface area contributed by atoms with Crippen LogP contribution in [0.5, 0.6) is 0 Å². The van der Waals surface area contributed by atoms with Crippen LogP contribution in [0.1, 0.15) is 10.6 Å². The molecule has 1 amide bonds. The summed E-state index contributed by atoms with van der Waals surface area (Å²) in [5.74, 6) is -1.63. The van der Waals surface area contributed by atoms with Gasteiger partial charge in [0.05, 0.1) is 6.61 Å². The molecule has 7 heteroatoms. The van der Waals surface area contributed by atoms with Gasteiger partial charge in [0.25, 0.3) is 5.91 Å². The summed E-state index contributed by atoms with van der Waals surface area (Å²) < 4.78 is 23.3. The van der Waals surface area contributed by atoms with Crippen LogP contribution < -0.4 is 0 Å². The number of rotatable bonds is 7. The first-order chi connectivity index (χ1) is 11.0. The van der Waals surface area contributed by atoms with Crippen molar-refractivity contribution in [3.63, 3.8) is 0 Å². The van der Waals surface area contributed by atoms with Gasteiger partial charge in [-0.15, -0.1) is 0 Å². The van der Waals surface area contributed by atoms with E-state index in [-0.39, 0.29) is 24.7 Å². The number of amides is 1. The molecule has 122 valence electrons. The number of halogens is 1. The number of carboxylic acid groups (broad SMARTS) is 1. The fraction of sp³-hybridized carbons (Fsp3) is 0.250. The number of methoxy groups -OCH3 is 1. The van der Waals surface area contributed by atoms with E-state index < -0.39 is 18.4 Å². The van der Waals surface area contributed by atoms with E-state index in [1.165, 1.54) is 37.4 Å². The SMILES string of the molecule is COCCN(CC(=O)O)C(=O)c1ccc(-c2ccc(F)cc2)o1. The third kappa shape index (κ3) is 4.40. The summed E-state index contributed by atoms with van der Waals surface area (Å²) in [4.78, 5) is 24.3. The van der Waals surface area contributed by atoms with Crippen molar-refractivity contribution in [3.8, 4) is 11.3 Å². The minimum Gasteiger partial charge on any atom is -0.480 e. The molecule has 1 N–H and O–H groups in total. The maximum Gasteiger partial charge on any atom is 0.323 e. The zero-order valence-electron chi connectivity index (χ0n) is 12.5. The largest absolute Gasteiger partial charge is 0.480 e. The van der Waals surface area contributed by atoms with Crippen LogP contribution in [-0.2, 0) is 9.53 Å². The standard InChI is InChI=1S/C16H16FNO5/c1-22-9-8-18(10-15(19)20)16(21)14-7-6-13(23-14)11-2-4-12(17)5-3-11/h2-7H,8-10H2,1H3,(H,19,20). The topological polar surface area (TPSA) is 80.0 Å². The second-order valence-electron chi connectivity index (χ2n) is 4.78. The van der Waals surface area contributed by atoms with Gasteiger partial charge in [-0.05, 0) is 36.4 Å². The third-order valence-corrected chi connectivity index (χ3v) is 3.12. The second kappa shape index (κ2) is 7.55. The molecule has 0 saturated heterocycles. The number of carbonyl (C=O) groups is 2. The predicted molar refractivity (Wildman–Crippen MR) is 79.5 cm³/mol. The highest BCUT2D eigenvalue weighted by atomic mass is 19.1. The lowest BCUT2D eigenvalue weighted by Gasteiger charge is -2.18. The first kappa shape index (κ1) is 16.7. The molecule has 0 atom stereocenters. The van der Waals surface area contributed by atoms with Gasteiger partial charge in [-0.1, -0.05) is 0 Å². The highest BCUT2D eigenvalue weighted by Gasteiger charge is 2.21. The van der Waals surface area contributed by atoms with E-state index in [0.717, 1.165) is 4.90 Å². The number of furan rings is 1. The van der Waals surface area contributed by atoms with Gasteiger partial charge in [-0.3, -0.25) is 9.59 Å². The molecule has 0 fully saturated rings. The first-order valence-corrected chi connectivity index (χ1v) is 6.87. The molecule has 0 bridgehead atoms. The van der Waals surface area contributed by atoms with Gasteiger partial charge in [0.15, 0.2) is 5.76 Å². The number of carboxylic acids is 1. The summed E-state index contributed by atoms with van der Waals surface area (Å²) in [5, 5.41) is 8.89. The summed E-state index contributed by atoms with van der Waals surface area (Å²) in [6.07, 6.45) is 0. The van der Waals surface area contributed by atoms with Crippen LogP contribution in [0.4, 0.5) is 4.39 Å². The average molecular weight is 321 g/mol. The van der Waals surface area contributed by atoms with Crippen molar-refractivity contribution in [2.75, 3.05) is 26.8 Å². The molecule has 1 aromatic heterocycles. The van der Waals surface area contributed by atoms with Gasteiger partial charge in [-0.25, -0.2) is 4.39 Å². The summed E-state index contributed by atoms with van der Waals surface area (Å²) in [5.41, 5.74) is 0.618. The average Bonchev–Trinajstić information content (AvgIpc) is 3.01. The predicted octanol–water partition coefficient (Wildman–Crippen LogP) is 2.26. The highest BCUT2D eigenvalue weighted by Crippen LogP contribution is 2.23. The van der Waals surface area contributed by atoms with Crippen LogP contribution >= 0.6 is 0 Å². The smallest absolute Gasteiger partial charge is 0.323 e. The molecular weight excluding hydrogens is 305 g/mol. The van der Waals surface area contributed by atoms with Gasteiger partial charge in [-0.2, -0.15) is 0 Å². The van der Waals surface area contributed by atoms with Gasteiger partial charge in [0, 0.05) is 19.2 Å². The van der Waals surface area contributed by atoms with Crippen molar-refractivity contribution in [2.24, 2.45) is 0 Å². The molecule has 0 aliphatic carbocycles. The maximum atomic E-state index is 12.9. The van der Waals surface area contributed by atoms with E-state index in [1.807, 2.05) is 0 Å².